The van der Waals surface area contributed by atoms with Crippen LogP contribution >= 0.6 is 0 Å². The summed E-state index contributed by atoms with van der Waals surface area (Å²) < 4.78 is 11.4. The summed E-state index contributed by atoms with van der Waals surface area (Å²) in [6.45, 7) is 0.607. The molecule has 110 valence electrons. The van der Waals surface area contributed by atoms with Crippen LogP contribution in [-0.4, -0.2) is 7.11 Å². The van der Waals surface area contributed by atoms with E-state index in [-0.39, 0.29) is 6.10 Å². The van der Waals surface area contributed by atoms with Crippen molar-refractivity contribution >= 4 is 0 Å². The zero-order valence-electron chi connectivity index (χ0n) is 12.5. The molecular formula is C19H22O2. The lowest BCUT2D eigenvalue weighted by Gasteiger charge is -2.16. The van der Waals surface area contributed by atoms with Crippen molar-refractivity contribution in [1.82, 2.24) is 0 Å². The topological polar surface area (TPSA) is 18.5 Å². The first-order chi connectivity index (χ1) is 10.3. The maximum Gasteiger partial charge on any atom is 0.119 e. The Kier molecular flexibility index (Phi) is 4.56. The van der Waals surface area contributed by atoms with Crippen molar-refractivity contribution in [1.29, 1.82) is 0 Å². The molecule has 1 aliphatic carbocycles. The Morgan fingerprint density at radius 2 is 1.71 bits per heavy atom. The zero-order valence-corrected chi connectivity index (χ0v) is 12.5. The van der Waals surface area contributed by atoms with Crippen LogP contribution in [0.5, 0.6) is 5.75 Å². The van der Waals surface area contributed by atoms with Gasteiger partial charge in [0.15, 0.2) is 0 Å². The summed E-state index contributed by atoms with van der Waals surface area (Å²) in [5.74, 6) is 1.77. The van der Waals surface area contributed by atoms with Gasteiger partial charge in [-0.25, -0.2) is 0 Å². The minimum Gasteiger partial charge on any atom is -0.489 e. The second kappa shape index (κ2) is 6.77. The third kappa shape index (κ3) is 4.08. The Labute approximate surface area is 126 Å². The van der Waals surface area contributed by atoms with Gasteiger partial charge >= 0.3 is 0 Å². The van der Waals surface area contributed by atoms with Gasteiger partial charge in [-0.2, -0.15) is 0 Å². The lowest BCUT2D eigenvalue weighted by molar-refractivity contribution is 0.0906. The van der Waals surface area contributed by atoms with Crippen molar-refractivity contribution in [3.63, 3.8) is 0 Å². The molecule has 0 heterocycles. The van der Waals surface area contributed by atoms with E-state index in [1.54, 1.807) is 7.11 Å². The van der Waals surface area contributed by atoms with Gasteiger partial charge in [-0.15, -0.1) is 0 Å². The van der Waals surface area contributed by atoms with Gasteiger partial charge in [-0.3, -0.25) is 0 Å². The van der Waals surface area contributed by atoms with E-state index < -0.39 is 0 Å². The van der Waals surface area contributed by atoms with E-state index >= 15 is 0 Å². The quantitative estimate of drug-likeness (QED) is 0.729. The first kappa shape index (κ1) is 14.2. The highest BCUT2D eigenvalue weighted by molar-refractivity contribution is 5.29. The van der Waals surface area contributed by atoms with Crippen LogP contribution in [0.4, 0.5) is 0 Å². The second-order valence-corrected chi connectivity index (χ2v) is 5.75. The second-order valence-electron chi connectivity index (χ2n) is 5.75. The summed E-state index contributed by atoms with van der Waals surface area (Å²) in [6.07, 6.45) is 4.08. The van der Waals surface area contributed by atoms with Gasteiger partial charge < -0.3 is 9.47 Å². The van der Waals surface area contributed by atoms with Crippen LogP contribution in [0.2, 0.25) is 0 Å². The molecule has 3 rings (SSSR count). The van der Waals surface area contributed by atoms with Gasteiger partial charge in [-0.05, 0) is 35.6 Å². The van der Waals surface area contributed by atoms with Crippen LogP contribution < -0.4 is 4.74 Å². The molecule has 2 heteroatoms. The van der Waals surface area contributed by atoms with Crippen molar-refractivity contribution in [2.24, 2.45) is 5.92 Å². The Morgan fingerprint density at radius 1 is 1.00 bits per heavy atom. The molecule has 0 bridgehead atoms. The van der Waals surface area contributed by atoms with E-state index in [1.807, 2.05) is 30.3 Å². The molecule has 2 aromatic carbocycles. The summed E-state index contributed by atoms with van der Waals surface area (Å²) in [5.41, 5.74) is 2.43. The maximum absolute atomic E-state index is 5.81. The molecule has 2 aromatic rings. The van der Waals surface area contributed by atoms with Gasteiger partial charge in [0.2, 0.25) is 0 Å². The standard InChI is InChI=1S/C19H22O2/c1-20-19(13-15-7-8-15)17-9-11-18(12-10-17)21-14-16-5-3-2-4-6-16/h2-6,9-12,15,19H,7-8,13-14H2,1H3. The number of hydrogen-bond acceptors (Lipinski definition) is 2. The molecule has 1 saturated carbocycles. The molecule has 0 saturated heterocycles. The van der Waals surface area contributed by atoms with Crippen LogP contribution in [0.25, 0.3) is 0 Å². The Hall–Kier alpha value is -1.80. The largest absolute Gasteiger partial charge is 0.489 e. The third-order valence-electron chi connectivity index (χ3n) is 4.03. The van der Waals surface area contributed by atoms with Gasteiger partial charge in [0.05, 0.1) is 6.10 Å². The molecule has 2 nitrogen and oxygen atoms in total. The summed E-state index contributed by atoms with van der Waals surface area (Å²) in [7, 11) is 1.80. The van der Waals surface area contributed by atoms with Crippen LogP contribution in [0.1, 0.15) is 36.5 Å². The van der Waals surface area contributed by atoms with Crippen LogP contribution in [-0.2, 0) is 11.3 Å². The molecule has 1 unspecified atom stereocenters. The highest BCUT2D eigenvalue weighted by Crippen LogP contribution is 2.39. The predicted molar refractivity (Wildman–Crippen MR) is 84.3 cm³/mol. The van der Waals surface area contributed by atoms with E-state index in [0.717, 1.165) is 18.1 Å². The fourth-order valence-corrected chi connectivity index (χ4v) is 2.54. The fourth-order valence-electron chi connectivity index (χ4n) is 2.54. The number of hydrogen-bond donors (Lipinski definition) is 0. The maximum atomic E-state index is 5.81. The smallest absolute Gasteiger partial charge is 0.119 e. The van der Waals surface area contributed by atoms with Crippen LogP contribution in [0.15, 0.2) is 54.6 Å². The summed E-state index contributed by atoms with van der Waals surface area (Å²) >= 11 is 0. The molecule has 21 heavy (non-hydrogen) atoms. The normalized spacial score (nSPS) is 15.7. The fraction of sp³-hybridized carbons (Fsp3) is 0.368. The lowest BCUT2D eigenvalue weighted by Crippen LogP contribution is -2.02. The van der Waals surface area contributed by atoms with E-state index in [0.29, 0.717) is 6.61 Å². The van der Waals surface area contributed by atoms with Crippen molar-refractivity contribution < 1.29 is 9.47 Å². The number of rotatable bonds is 7. The average Bonchev–Trinajstić information content (AvgIpc) is 3.36. The molecule has 0 amide bonds. The molecule has 1 aliphatic rings. The van der Waals surface area contributed by atoms with E-state index in [2.05, 4.69) is 24.3 Å². The monoisotopic (exact) mass is 282 g/mol. The first-order valence-electron chi connectivity index (χ1n) is 7.64. The predicted octanol–water partition coefficient (Wildman–Crippen LogP) is 4.75. The van der Waals surface area contributed by atoms with Gasteiger partial charge in [0.25, 0.3) is 0 Å². The highest BCUT2D eigenvalue weighted by Gasteiger charge is 2.26. The molecule has 1 fully saturated rings. The van der Waals surface area contributed by atoms with Crippen molar-refractivity contribution in [2.75, 3.05) is 7.11 Å². The highest BCUT2D eigenvalue weighted by atomic mass is 16.5. The molecule has 0 aromatic heterocycles. The van der Waals surface area contributed by atoms with Crippen molar-refractivity contribution in [3.05, 3.63) is 65.7 Å². The van der Waals surface area contributed by atoms with Crippen LogP contribution in [0, 0.1) is 5.92 Å². The minimum absolute atomic E-state index is 0.223. The third-order valence-corrected chi connectivity index (χ3v) is 4.03. The summed E-state index contributed by atoms with van der Waals surface area (Å²) in [5, 5.41) is 0. The Balaban J connectivity index is 1.58. The number of methoxy groups -OCH3 is 1. The average molecular weight is 282 g/mol. The zero-order chi connectivity index (χ0) is 14.5. The molecule has 0 N–H and O–H groups in total. The van der Waals surface area contributed by atoms with Gasteiger partial charge in [0.1, 0.15) is 12.4 Å². The number of benzene rings is 2. The molecule has 1 atom stereocenters. The van der Waals surface area contributed by atoms with E-state index in [4.69, 9.17) is 9.47 Å². The lowest BCUT2D eigenvalue weighted by atomic mass is 10.0. The van der Waals surface area contributed by atoms with Crippen molar-refractivity contribution in [2.45, 2.75) is 32.0 Å². The molecular weight excluding hydrogens is 260 g/mol. The summed E-state index contributed by atoms with van der Waals surface area (Å²) in [6, 6.07) is 18.5. The molecule has 0 aliphatic heterocycles. The van der Waals surface area contributed by atoms with Crippen molar-refractivity contribution in [3.8, 4) is 5.75 Å². The SMILES string of the molecule is COC(CC1CC1)c1ccc(OCc2ccccc2)cc1. The minimum atomic E-state index is 0.223. The summed E-state index contributed by atoms with van der Waals surface area (Å²) in [4.78, 5) is 0. The molecule has 0 radical (unpaired) electrons. The van der Waals surface area contributed by atoms with Gasteiger partial charge in [-0.1, -0.05) is 55.3 Å². The first-order valence-corrected chi connectivity index (χ1v) is 7.64. The van der Waals surface area contributed by atoms with Gasteiger partial charge in [0, 0.05) is 7.11 Å². The van der Waals surface area contributed by atoms with E-state index in [9.17, 15) is 0 Å². The number of ether oxygens (including phenoxy) is 2. The molecule has 0 spiro atoms. The van der Waals surface area contributed by atoms with E-state index in [1.165, 1.54) is 24.0 Å². The Morgan fingerprint density at radius 3 is 2.33 bits per heavy atom. The van der Waals surface area contributed by atoms with Crippen LogP contribution in [0.3, 0.4) is 0 Å². The Bertz CT molecular complexity index is 544.